The van der Waals surface area contributed by atoms with Gasteiger partial charge in [-0.2, -0.15) is 13.2 Å². The van der Waals surface area contributed by atoms with Gasteiger partial charge in [-0.3, -0.25) is 9.59 Å². The van der Waals surface area contributed by atoms with E-state index in [1.54, 1.807) is 18.2 Å². The smallest absolute Gasteiger partial charge is 0.406 e. The van der Waals surface area contributed by atoms with Gasteiger partial charge in [0, 0.05) is 25.1 Å². The Bertz CT molecular complexity index is 649. The number of nitrogens with one attached hydrogen (secondary N) is 1. The van der Waals surface area contributed by atoms with Crippen LogP contribution in [0.1, 0.15) is 12.0 Å². The van der Waals surface area contributed by atoms with Crippen molar-refractivity contribution < 1.29 is 32.2 Å². The van der Waals surface area contributed by atoms with E-state index in [0.717, 1.165) is 0 Å². The highest BCUT2D eigenvalue weighted by Gasteiger charge is 2.40. The minimum absolute atomic E-state index is 0.114. The lowest BCUT2D eigenvalue weighted by atomic mass is 10.1. The largest absolute Gasteiger partial charge is 0.497 e. The van der Waals surface area contributed by atoms with Gasteiger partial charge in [-0.25, -0.2) is 0 Å². The predicted octanol–water partition coefficient (Wildman–Crippen LogP) is 1.73. The zero-order valence-corrected chi connectivity index (χ0v) is 13.9. The molecule has 1 heterocycles. The molecule has 0 aromatic heterocycles. The maximum atomic E-state index is 12.4. The first-order valence-corrected chi connectivity index (χ1v) is 7.56. The number of ether oxygens (including phenoxy) is 2. The van der Waals surface area contributed by atoms with Crippen molar-refractivity contribution in [2.45, 2.75) is 19.1 Å². The van der Waals surface area contributed by atoms with Crippen LogP contribution < -0.4 is 14.8 Å². The molecule has 6 nitrogen and oxygen atoms in total. The van der Waals surface area contributed by atoms with Crippen LogP contribution in [0.3, 0.4) is 0 Å². The number of alkyl halides is 3. The number of benzene rings is 1. The van der Waals surface area contributed by atoms with Gasteiger partial charge >= 0.3 is 6.18 Å². The van der Waals surface area contributed by atoms with Crippen LogP contribution in [0.15, 0.2) is 18.2 Å². The zero-order chi connectivity index (χ0) is 18.6. The van der Waals surface area contributed by atoms with Gasteiger partial charge in [0.2, 0.25) is 11.8 Å². The molecule has 1 fully saturated rings. The van der Waals surface area contributed by atoms with Crippen molar-refractivity contribution in [3.8, 4) is 11.5 Å². The van der Waals surface area contributed by atoms with E-state index < -0.39 is 30.5 Å². The molecule has 2 rings (SSSR count). The fourth-order valence-electron chi connectivity index (χ4n) is 2.66. The van der Waals surface area contributed by atoms with E-state index in [1.807, 2.05) is 0 Å². The number of hydrogen-bond donors (Lipinski definition) is 1. The first-order valence-electron chi connectivity index (χ1n) is 7.56. The van der Waals surface area contributed by atoms with E-state index in [2.05, 4.69) is 5.32 Å². The summed E-state index contributed by atoms with van der Waals surface area (Å²) >= 11 is 0. The van der Waals surface area contributed by atoms with Crippen LogP contribution in [0.4, 0.5) is 13.2 Å². The normalized spacial score (nSPS) is 17.6. The lowest BCUT2D eigenvalue weighted by Gasteiger charge is -2.18. The van der Waals surface area contributed by atoms with E-state index >= 15 is 0 Å². The third-order valence-corrected chi connectivity index (χ3v) is 3.90. The Morgan fingerprint density at radius 1 is 1.32 bits per heavy atom. The fourth-order valence-corrected chi connectivity index (χ4v) is 2.66. The Labute approximate surface area is 142 Å². The molecule has 1 aromatic rings. The number of nitrogens with zero attached hydrogens (tertiary/aromatic N) is 1. The molecular weight excluding hydrogens is 341 g/mol. The Morgan fingerprint density at radius 2 is 2.04 bits per heavy atom. The van der Waals surface area contributed by atoms with Gasteiger partial charge in [0.1, 0.15) is 18.0 Å². The molecule has 1 aromatic carbocycles. The standard InChI is InChI=1S/C16H19F3N2O4/c1-24-12-3-4-13(25-2)10(5-12)7-20-15(23)11-6-14(22)21(8-11)9-16(17,18)19/h3-5,11H,6-9H2,1-2H3,(H,20,23)/t11-/m0/s1. The van der Waals surface area contributed by atoms with Crippen molar-refractivity contribution in [2.75, 3.05) is 27.3 Å². The monoisotopic (exact) mass is 360 g/mol. The van der Waals surface area contributed by atoms with Crippen LogP contribution in [0.2, 0.25) is 0 Å². The molecule has 1 atom stereocenters. The number of carbonyl (C=O) groups is 2. The second kappa shape index (κ2) is 7.62. The molecule has 0 bridgehead atoms. The third kappa shape index (κ3) is 5.01. The van der Waals surface area contributed by atoms with Crippen molar-refractivity contribution in [1.29, 1.82) is 0 Å². The first kappa shape index (κ1) is 18.9. The molecule has 0 unspecified atom stereocenters. The highest BCUT2D eigenvalue weighted by Crippen LogP contribution is 2.26. The molecule has 0 aliphatic carbocycles. The van der Waals surface area contributed by atoms with Crippen LogP contribution in [0.5, 0.6) is 11.5 Å². The minimum atomic E-state index is -4.48. The zero-order valence-electron chi connectivity index (χ0n) is 13.9. The SMILES string of the molecule is COc1ccc(OC)c(CNC(=O)[C@H]2CC(=O)N(CC(F)(F)F)C2)c1. The summed E-state index contributed by atoms with van der Waals surface area (Å²) < 4.78 is 47.5. The Kier molecular flexibility index (Phi) is 5.76. The molecule has 9 heteroatoms. The first-order chi connectivity index (χ1) is 11.7. The average Bonchev–Trinajstić information content (AvgIpc) is 2.91. The van der Waals surface area contributed by atoms with Crippen LogP contribution in [-0.4, -0.2) is 50.2 Å². The van der Waals surface area contributed by atoms with E-state index in [-0.39, 0.29) is 19.5 Å². The number of hydrogen-bond acceptors (Lipinski definition) is 4. The van der Waals surface area contributed by atoms with Crippen molar-refractivity contribution >= 4 is 11.8 Å². The number of methoxy groups -OCH3 is 2. The predicted molar refractivity (Wildman–Crippen MR) is 82.1 cm³/mol. The van der Waals surface area contributed by atoms with Crippen molar-refractivity contribution in [3.63, 3.8) is 0 Å². The van der Waals surface area contributed by atoms with Crippen LogP contribution >= 0.6 is 0 Å². The molecule has 1 aliphatic heterocycles. The van der Waals surface area contributed by atoms with Crippen molar-refractivity contribution in [3.05, 3.63) is 23.8 Å². The van der Waals surface area contributed by atoms with E-state index in [0.29, 0.717) is 22.0 Å². The van der Waals surface area contributed by atoms with Gasteiger partial charge < -0.3 is 19.7 Å². The van der Waals surface area contributed by atoms with Crippen LogP contribution in [0.25, 0.3) is 0 Å². The summed E-state index contributed by atoms with van der Waals surface area (Å²) in [6.45, 7) is -1.46. The molecule has 1 aliphatic rings. The van der Waals surface area contributed by atoms with Crippen molar-refractivity contribution in [2.24, 2.45) is 5.92 Å². The maximum Gasteiger partial charge on any atom is 0.406 e. The number of halogens is 3. The topological polar surface area (TPSA) is 67.9 Å². The average molecular weight is 360 g/mol. The van der Waals surface area contributed by atoms with Gasteiger partial charge in [0.15, 0.2) is 0 Å². The molecule has 2 amide bonds. The van der Waals surface area contributed by atoms with Gasteiger partial charge in [0.25, 0.3) is 0 Å². The summed E-state index contributed by atoms with van der Waals surface area (Å²) in [5, 5.41) is 2.64. The van der Waals surface area contributed by atoms with Gasteiger partial charge in [0.05, 0.1) is 20.1 Å². The number of amides is 2. The van der Waals surface area contributed by atoms with E-state index in [1.165, 1.54) is 14.2 Å². The summed E-state index contributed by atoms with van der Waals surface area (Å²) in [5.74, 6) is -0.814. The molecule has 1 N–H and O–H groups in total. The fraction of sp³-hybridized carbons (Fsp3) is 0.500. The van der Waals surface area contributed by atoms with Crippen LogP contribution in [-0.2, 0) is 16.1 Å². The van der Waals surface area contributed by atoms with Crippen LogP contribution in [0, 0.1) is 5.92 Å². The number of carbonyl (C=O) groups excluding carboxylic acids is 2. The summed E-state index contributed by atoms with van der Waals surface area (Å²) in [6, 6.07) is 5.08. The maximum absolute atomic E-state index is 12.4. The number of likely N-dealkylation sites (tertiary alicyclic amines) is 1. The second-order valence-electron chi connectivity index (χ2n) is 5.69. The molecule has 138 valence electrons. The lowest BCUT2D eigenvalue weighted by molar-refractivity contribution is -0.157. The molecular formula is C16H19F3N2O4. The van der Waals surface area contributed by atoms with Gasteiger partial charge in [-0.15, -0.1) is 0 Å². The number of rotatable bonds is 6. The molecule has 25 heavy (non-hydrogen) atoms. The Morgan fingerprint density at radius 3 is 2.64 bits per heavy atom. The molecule has 0 spiro atoms. The van der Waals surface area contributed by atoms with E-state index in [4.69, 9.17) is 9.47 Å². The van der Waals surface area contributed by atoms with Crippen molar-refractivity contribution in [1.82, 2.24) is 10.2 Å². The second-order valence-corrected chi connectivity index (χ2v) is 5.69. The lowest BCUT2D eigenvalue weighted by Crippen LogP contribution is -2.37. The summed E-state index contributed by atoms with van der Waals surface area (Å²) in [4.78, 5) is 24.5. The van der Waals surface area contributed by atoms with E-state index in [9.17, 15) is 22.8 Å². The minimum Gasteiger partial charge on any atom is -0.497 e. The Balaban J connectivity index is 1.96. The molecule has 1 saturated heterocycles. The summed E-state index contributed by atoms with van der Waals surface area (Å²) in [7, 11) is 2.99. The highest BCUT2D eigenvalue weighted by molar-refractivity contribution is 5.89. The van der Waals surface area contributed by atoms with Gasteiger partial charge in [-0.1, -0.05) is 0 Å². The Hall–Kier alpha value is -2.45. The summed E-state index contributed by atoms with van der Waals surface area (Å²) in [6.07, 6.45) is -4.70. The third-order valence-electron chi connectivity index (χ3n) is 3.90. The molecule has 0 saturated carbocycles. The summed E-state index contributed by atoms with van der Waals surface area (Å²) in [5.41, 5.74) is 0.659. The molecule has 0 radical (unpaired) electrons. The quantitative estimate of drug-likeness (QED) is 0.839. The highest BCUT2D eigenvalue weighted by atomic mass is 19.4. The van der Waals surface area contributed by atoms with Gasteiger partial charge in [-0.05, 0) is 18.2 Å².